The van der Waals surface area contributed by atoms with Gasteiger partial charge in [0.2, 0.25) is 0 Å². The lowest BCUT2D eigenvalue weighted by Gasteiger charge is -2.12. The van der Waals surface area contributed by atoms with Crippen LogP contribution in [-0.2, 0) is 0 Å². The summed E-state index contributed by atoms with van der Waals surface area (Å²) in [5.41, 5.74) is 1.75. The van der Waals surface area contributed by atoms with Crippen LogP contribution in [0.15, 0.2) is 47.5 Å². The van der Waals surface area contributed by atoms with Gasteiger partial charge >= 0.3 is 0 Å². The number of ether oxygens (including phenoxy) is 2. The van der Waals surface area contributed by atoms with Crippen LogP contribution in [0.5, 0.6) is 11.5 Å². The van der Waals surface area contributed by atoms with Gasteiger partial charge in [0.15, 0.2) is 11.5 Å². The Bertz CT molecular complexity index is 612. The van der Waals surface area contributed by atoms with Crippen LogP contribution in [-0.4, -0.2) is 19.9 Å². The van der Waals surface area contributed by atoms with Gasteiger partial charge in [0.05, 0.1) is 24.4 Å². The Morgan fingerprint density at radius 3 is 2.62 bits per heavy atom. The van der Waals surface area contributed by atoms with Gasteiger partial charge in [0, 0.05) is 6.21 Å². The summed E-state index contributed by atoms with van der Waals surface area (Å²) in [5.74, 6) is 1.20. The molecule has 0 aliphatic carbocycles. The van der Waals surface area contributed by atoms with Crippen molar-refractivity contribution in [2.75, 3.05) is 13.7 Å². The molecule has 0 bridgehead atoms. The Morgan fingerprint density at radius 2 is 1.95 bits per heavy atom. The Morgan fingerprint density at radius 1 is 1.19 bits per heavy atom. The lowest BCUT2D eigenvalue weighted by atomic mass is 10.2. The van der Waals surface area contributed by atoms with E-state index in [0.29, 0.717) is 23.1 Å². The summed E-state index contributed by atoms with van der Waals surface area (Å²) < 4.78 is 11.0. The van der Waals surface area contributed by atoms with Gasteiger partial charge < -0.3 is 9.47 Å². The minimum atomic E-state index is 0.525. The van der Waals surface area contributed by atoms with Gasteiger partial charge in [-0.3, -0.25) is 4.99 Å². The number of nitrogens with zero attached hydrogens (tertiary/aromatic N) is 1. The van der Waals surface area contributed by atoms with E-state index in [0.717, 1.165) is 17.7 Å². The summed E-state index contributed by atoms with van der Waals surface area (Å²) in [6, 6.07) is 13.4. The topological polar surface area (TPSA) is 30.8 Å². The zero-order valence-electron chi connectivity index (χ0n) is 12.2. The predicted molar refractivity (Wildman–Crippen MR) is 87.5 cm³/mol. The molecule has 21 heavy (non-hydrogen) atoms. The number of hydrogen-bond acceptors (Lipinski definition) is 3. The zero-order valence-corrected chi connectivity index (χ0v) is 12.9. The van der Waals surface area contributed by atoms with Crippen LogP contribution in [0, 0.1) is 0 Å². The van der Waals surface area contributed by atoms with Crippen molar-refractivity contribution in [2.24, 2.45) is 4.99 Å². The molecule has 0 saturated heterocycles. The third-order valence-corrected chi connectivity index (χ3v) is 3.10. The van der Waals surface area contributed by atoms with E-state index in [1.807, 2.05) is 49.4 Å². The summed E-state index contributed by atoms with van der Waals surface area (Å²) in [4.78, 5) is 4.40. The molecule has 0 aliphatic rings. The summed E-state index contributed by atoms with van der Waals surface area (Å²) in [6.07, 6.45) is 2.67. The smallest absolute Gasteiger partial charge is 0.179 e. The number of benzene rings is 2. The molecule has 0 atom stereocenters. The maximum absolute atomic E-state index is 6.26. The van der Waals surface area contributed by atoms with Crippen LogP contribution in [0.2, 0.25) is 5.02 Å². The number of aliphatic imine (C=N–C) groups is 1. The minimum absolute atomic E-state index is 0.525. The van der Waals surface area contributed by atoms with Gasteiger partial charge in [0.1, 0.15) is 0 Å². The molecule has 0 radical (unpaired) electrons. The Kier molecular flexibility index (Phi) is 5.64. The highest BCUT2D eigenvalue weighted by molar-refractivity contribution is 6.32. The summed E-state index contributed by atoms with van der Waals surface area (Å²) >= 11 is 6.26. The van der Waals surface area contributed by atoms with E-state index < -0.39 is 0 Å². The molecule has 0 unspecified atom stereocenters. The van der Waals surface area contributed by atoms with Gasteiger partial charge in [-0.25, -0.2) is 0 Å². The predicted octanol–water partition coefficient (Wildman–Crippen LogP) is 4.89. The molecule has 0 fully saturated rings. The molecule has 0 spiro atoms. The molecule has 3 nitrogen and oxygen atoms in total. The lowest BCUT2D eigenvalue weighted by Crippen LogP contribution is -1.99. The van der Waals surface area contributed by atoms with E-state index in [2.05, 4.69) is 4.99 Å². The average Bonchev–Trinajstić information content (AvgIpc) is 2.52. The SMILES string of the molecule is CCCOc1c(Cl)cc(C=Nc2ccccc2)cc1OC. The van der Waals surface area contributed by atoms with Crippen LogP contribution in [0.1, 0.15) is 18.9 Å². The second kappa shape index (κ2) is 7.70. The zero-order chi connectivity index (χ0) is 15.1. The highest BCUT2D eigenvalue weighted by Gasteiger charge is 2.11. The van der Waals surface area contributed by atoms with Crippen molar-refractivity contribution in [3.8, 4) is 11.5 Å². The number of methoxy groups -OCH3 is 1. The summed E-state index contributed by atoms with van der Waals surface area (Å²) in [7, 11) is 1.60. The minimum Gasteiger partial charge on any atom is -0.493 e. The van der Waals surface area contributed by atoms with E-state index >= 15 is 0 Å². The number of halogens is 1. The fourth-order valence-corrected chi connectivity index (χ4v) is 2.10. The standard InChI is InChI=1S/C17H18ClNO2/c1-3-9-21-17-15(18)10-13(11-16(17)20-2)12-19-14-7-5-4-6-8-14/h4-8,10-12H,3,9H2,1-2H3. The second-order valence-corrected chi connectivity index (χ2v) is 4.88. The first kappa shape index (κ1) is 15.4. The highest BCUT2D eigenvalue weighted by atomic mass is 35.5. The number of rotatable bonds is 6. The quantitative estimate of drug-likeness (QED) is 0.711. The second-order valence-electron chi connectivity index (χ2n) is 4.48. The van der Waals surface area contributed by atoms with Gasteiger partial charge in [-0.05, 0) is 36.2 Å². The molecule has 2 rings (SSSR count). The number of hydrogen-bond donors (Lipinski definition) is 0. The molecular formula is C17H18ClNO2. The third-order valence-electron chi connectivity index (χ3n) is 2.82. The average molecular weight is 304 g/mol. The molecule has 0 aromatic heterocycles. The molecular weight excluding hydrogens is 286 g/mol. The fraction of sp³-hybridized carbons (Fsp3) is 0.235. The van der Waals surface area contributed by atoms with Crippen LogP contribution < -0.4 is 9.47 Å². The molecule has 2 aromatic carbocycles. The third kappa shape index (κ3) is 4.23. The molecule has 0 N–H and O–H groups in total. The maximum Gasteiger partial charge on any atom is 0.179 e. The molecule has 0 saturated carbocycles. The fourth-order valence-electron chi connectivity index (χ4n) is 1.82. The van der Waals surface area contributed by atoms with E-state index in [1.54, 1.807) is 13.3 Å². The van der Waals surface area contributed by atoms with E-state index in [-0.39, 0.29) is 0 Å². The molecule has 0 aliphatic heterocycles. The van der Waals surface area contributed by atoms with Gasteiger partial charge in [-0.1, -0.05) is 36.7 Å². The van der Waals surface area contributed by atoms with Gasteiger partial charge in [0.25, 0.3) is 0 Å². The molecule has 2 aromatic rings. The Balaban J connectivity index is 2.25. The van der Waals surface area contributed by atoms with Crippen molar-refractivity contribution >= 4 is 23.5 Å². The first-order valence-electron chi connectivity index (χ1n) is 6.84. The van der Waals surface area contributed by atoms with Crippen LogP contribution in [0.3, 0.4) is 0 Å². The van der Waals surface area contributed by atoms with Crippen molar-refractivity contribution in [3.05, 3.63) is 53.1 Å². The summed E-state index contributed by atoms with van der Waals surface area (Å²) in [5, 5.41) is 0.525. The highest BCUT2D eigenvalue weighted by Crippen LogP contribution is 2.36. The van der Waals surface area contributed by atoms with Crippen molar-refractivity contribution in [2.45, 2.75) is 13.3 Å². The Labute approximate surface area is 130 Å². The number of para-hydroxylation sites is 1. The molecule has 4 heteroatoms. The first-order chi connectivity index (χ1) is 10.2. The maximum atomic E-state index is 6.26. The van der Waals surface area contributed by atoms with Crippen molar-refractivity contribution < 1.29 is 9.47 Å². The molecule has 0 amide bonds. The van der Waals surface area contributed by atoms with Gasteiger partial charge in [-0.15, -0.1) is 0 Å². The van der Waals surface area contributed by atoms with E-state index in [4.69, 9.17) is 21.1 Å². The Hall–Kier alpha value is -2.00. The van der Waals surface area contributed by atoms with Crippen LogP contribution in [0.25, 0.3) is 0 Å². The van der Waals surface area contributed by atoms with Crippen LogP contribution >= 0.6 is 11.6 Å². The monoisotopic (exact) mass is 303 g/mol. The molecule has 110 valence electrons. The van der Waals surface area contributed by atoms with E-state index in [9.17, 15) is 0 Å². The van der Waals surface area contributed by atoms with Crippen molar-refractivity contribution in [3.63, 3.8) is 0 Å². The largest absolute Gasteiger partial charge is 0.493 e. The lowest BCUT2D eigenvalue weighted by molar-refractivity contribution is 0.294. The van der Waals surface area contributed by atoms with E-state index in [1.165, 1.54) is 0 Å². The summed E-state index contributed by atoms with van der Waals surface area (Å²) in [6.45, 7) is 2.65. The normalized spacial score (nSPS) is 10.8. The van der Waals surface area contributed by atoms with Crippen molar-refractivity contribution in [1.82, 2.24) is 0 Å². The molecule has 0 heterocycles. The first-order valence-corrected chi connectivity index (χ1v) is 7.22. The van der Waals surface area contributed by atoms with Crippen LogP contribution in [0.4, 0.5) is 5.69 Å². The van der Waals surface area contributed by atoms with Crippen molar-refractivity contribution in [1.29, 1.82) is 0 Å². The van der Waals surface area contributed by atoms with Gasteiger partial charge in [-0.2, -0.15) is 0 Å².